The molecule has 1 heteroatoms. The fraction of sp³-hybridized carbons (Fsp3) is 0.273. The molecule has 0 aliphatic rings. The molecule has 0 radical (unpaired) electrons. The molecule has 0 saturated heterocycles. The standard InChI is InChI=1S/C11H11Br/c1-2-11(12)9-8-10-6-4-3-5-7-10/h3-7,11H,2H2,1H3/t11-/m0/s1. The molecule has 0 unspecified atom stereocenters. The highest BCUT2D eigenvalue weighted by atomic mass is 79.9. The Morgan fingerprint density at radius 2 is 2.00 bits per heavy atom. The number of alkyl halides is 1. The summed E-state index contributed by atoms with van der Waals surface area (Å²) in [6.45, 7) is 2.11. The van der Waals surface area contributed by atoms with Crippen LogP contribution in [0.4, 0.5) is 0 Å². The van der Waals surface area contributed by atoms with E-state index in [9.17, 15) is 0 Å². The first-order valence-corrected chi connectivity index (χ1v) is 4.95. The molecule has 0 fully saturated rings. The molecule has 0 N–H and O–H groups in total. The van der Waals surface area contributed by atoms with E-state index in [0.717, 1.165) is 12.0 Å². The van der Waals surface area contributed by atoms with E-state index in [1.165, 1.54) is 0 Å². The minimum Gasteiger partial charge on any atom is -0.0829 e. The summed E-state index contributed by atoms with van der Waals surface area (Å²) in [5.74, 6) is 6.21. The van der Waals surface area contributed by atoms with Gasteiger partial charge in [-0.05, 0) is 18.6 Å². The average Bonchev–Trinajstić information content (AvgIpc) is 2.16. The molecule has 0 aromatic heterocycles. The lowest BCUT2D eigenvalue weighted by atomic mass is 10.2. The first kappa shape index (κ1) is 9.35. The van der Waals surface area contributed by atoms with Crippen molar-refractivity contribution >= 4 is 15.9 Å². The van der Waals surface area contributed by atoms with Crippen LogP contribution >= 0.6 is 15.9 Å². The molecule has 1 rings (SSSR count). The van der Waals surface area contributed by atoms with Gasteiger partial charge in [0.1, 0.15) is 0 Å². The zero-order valence-electron chi connectivity index (χ0n) is 7.05. The Morgan fingerprint density at radius 1 is 1.33 bits per heavy atom. The maximum atomic E-state index is 3.46. The zero-order valence-corrected chi connectivity index (χ0v) is 8.64. The summed E-state index contributed by atoms with van der Waals surface area (Å²) in [6, 6.07) is 10.0. The normalized spacial score (nSPS) is 11.5. The molecule has 1 aromatic rings. The van der Waals surface area contributed by atoms with Crippen molar-refractivity contribution in [2.75, 3.05) is 0 Å². The van der Waals surface area contributed by atoms with E-state index in [2.05, 4.69) is 34.7 Å². The van der Waals surface area contributed by atoms with E-state index in [0.29, 0.717) is 4.83 Å². The van der Waals surface area contributed by atoms with Gasteiger partial charge in [-0.3, -0.25) is 0 Å². The first-order valence-electron chi connectivity index (χ1n) is 4.03. The summed E-state index contributed by atoms with van der Waals surface area (Å²) in [7, 11) is 0. The lowest BCUT2D eigenvalue weighted by molar-refractivity contribution is 1.01. The zero-order chi connectivity index (χ0) is 8.81. The minimum absolute atomic E-state index is 0.317. The second kappa shape index (κ2) is 5.00. The van der Waals surface area contributed by atoms with Crippen LogP contribution in [0.25, 0.3) is 0 Å². The SMILES string of the molecule is CC[C@H](Br)C#Cc1ccccc1. The third kappa shape index (κ3) is 3.11. The van der Waals surface area contributed by atoms with Crippen LogP contribution in [0.1, 0.15) is 18.9 Å². The van der Waals surface area contributed by atoms with Crippen molar-refractivity contribution in [2.45, 2.75) is 18.2 Å². The van der Waals surface area contributed by atoms with Gasteiger partial charge in [-0.2, -0.15) is 0 Å². The highest BCUT2D eigenvalue weighted by Crippen LogP contribution is 2.02. The summed E-state index contributed by atoms with van der Waals surface area (Å²) < 4.78 is 0. The average molecular weight is 223 g/mol. The van der Waals surface area contributed by atoms with Crippen LogP contribution in [0.3, 0.4) is 0 Å². The summed E-state index contributed by atoms with van der Waals surface area (Å²) in [5.41, 5.74) is 1.08. The van der Waals surface area contributed by atoms with Crippen molar-refractivity contribution in [3.63, 3.8) is 0 Å². The van der Waals surface area contributed by atoms with Crippen molar-refractivity contribution in [1.29, 1.82) is 0 Å². The lowest BCUT2D eigenvalue weighted by Crippen LogP contribution is -1.87. The van der Waals surface area contributed by atoms with Crippen LogP contribution in [0.2, 0.25) is 0 Å². The van der Waals surface area contributed by atoms with E-state index >= 15 is 0 Å². The number of hydrogen-bond donors (Lipinski definition) is 0. The topological polar surface area (TPSA) is 0 Å². The molecule has 0 aliphatic carbocycles. The summed E-state index contributed by atoms with van der Waals surface area (Å²) in [5, 5.41) is 0. The van der Waals surface area contributed by atoms with Gasteiger partial charge >= 0.3 is 0 Å². The maximum Gasteiger partial charge on any atom is 0.0755 e. The molecule has 0 amide bonds. The second-order valence-electron chi connectivity index (χ2n) is 2.51. The van der Waals surface area contributed by atoms with E-state index < -0.39 is 0 Å². The number of halogens is 1. The monoisotopic (exact) mass is 222 g/mol. The molecule has 0 nitrogen and oxygen atoms in total. The molecule has 1 aromatic carbocycles. The fourth-order valence-corrected chi connectivity index (χ4v) is 0.900. The van der Waals surface area contributed by atoms with Gasteiger partial charge in [0.05, 0.1) is 4.83 Å². The minimum atomic E-state index is 0.317. The Bertz CT molecular complexity index is 279. The molecule has 0 spiro atoms. The van der Waals surface area contributed by atoms with Crippen molar-refractivity contribution in [1.82, 2.24) is 0 Å². The maximum absolute atomic E-state index is 3.46. The van der Waals surface area contributed by atoms with Gasteiger partial charge < -0.3 is 0 Å². The molecule has 1 atom stereocenters. The number of rotatable bonds is 1. The number of benzene rings is 1. The van der Waals surface area contributed by atoms with Crippen LogP contribution in [0.5, 0.6) is 0 Å². The summed E-state index contributed by atoms with van der Waals surface area (Å²) in [4.78, 5) is 0.317. The van der Waals surface area contributed by atoms with Crippen molar-refractivity contribution in [2.24, 2.45) is 0 Å². The largest absolute Gasteiger partial charge is 0.0829 e. The number of hydrogen-bond acceptors (Lipinski definition) is 0. The predicted molar refractivity (Wildman–Crippen MR) is 56.3 cm³/mol. The van der Waals surface area contributed by atoms with Crippen LogP contribution < -0.4 is 0 Å². The van der Waals surface area contributed by atoms with Gasteiger partial charge in [0.15, 0.2) is 0 Å². The summed E-state index contributed by atoms with van der Waals surface area (Å²) in [6.07, 6.45) is 1.04. The Hall–Kier alpha value is -0.740. The van der Waals surface area contributed by atoms with Crippen molar-refractivity contribution < 1.29 is 0 Å². The molecule has 62 valence electrons. The van der Waals surface area contributed by atoms with Crippen molar-refractivity contribution in [3.05, 3.63) is 35.9 Å². The summed E-state index contributed by atoms with van der Waals surface area (Å²) >= 11 is 3.46. The first-order chi connectivity index (χ1) is 5.83. The second-order valence-corrected chi connectivity index (χ2v) is 3.62. The van der Waals surface area contributed by atoms with Crippen molar-refractivity contribution in [3.8, 4) is 11.8 Å². The van der Waals surface area contributed by atoms with Gasteiger partial charge in [0, 0.05) is 5.56 Å². The van der Waals surface area contributed by atoms with Gasteiger partial charge in [-0.15, -0.1) is 0 Å². The van der Waals surface area contributed by atoms with E-state index in [-0.39, 0.29) is 0 Å². The third-order valence-electron chi connectivity index (χ3n) is 1.51. The van der Waals surface area contributed by atoms with Crippen LogP contribution in [0.15, 0.2) is 30.3 Å². The quantitative estimate of drug-likeness (QED) is 0.506. The Morgan fingerprint density at radius 3 is 2.58 bits per heavy atom. The van der Waals surface area contributed by atoms with Crippen LogP contribution in [-0.4, -0.2) is 4.83 Å². The van der Waals surface area contributed by atoms with Gasteiger partial charge in [0.25, 0.3) is 0 Å². The Labute approximate surface area is 82.1 Å². The van der Waals surface area contributed by atoms with E-state index in [4.69, 9.17) is 0 Å². The van der Waals surface area contributed by atoms with Crippen LogP contribution in [0, 0.1) is 11.8 Å². The van der Waals surface area contributed by atoms with Gasteiger partial charge in [0.2, 0.25) is 0 Å². The fourth-order valence-electron chi connectivity index (χ4n) is 0.785. The molecule has 0 heterocycles. The third-order valence-corrected chi connectivity index (χ3v) is 2.38. The smallest absolute Gasteiger partial charge is 0.0755 e. The van der Waals surface area contributed by atoms with Gasteiger partial charge in [-0.25, -0.2) is 0 Å². The highest BCUT2D eigenvalue weighted by Gasteiger charge is 1.91. The lowest BCUT2D eigenvalue weighted by Gasteiger charge is -1.92. The molecular weight excluding hydrogens is 212 g/mol. The Kier molecular flexibility index (Phi) is 3.90. The van der Waals surface area contributed by atoms with Gasteiger partial charge in [-0.1, -0.05) is 52.9 Å². The molecule has 0 aliphatic heterocycles. The highest BCUT2D eigenvalue weighted by molar-refractivity contribution is 9.09. The molecule has 12 heavy (non-hydrogen) atoms. The molecular formula is C11H11Br. The van der Waals surface area contributed by atoms with E-state index in [1.807, 2.05) is 30.3 Å². The van der Waals surface area contributed by atoms with Crippen LogP contribution in [-0.2, 0) is 0 Å². The molecule has 0 bridgehead atoms. The Balaban J connectivity index is 2.67. The molecule has 0 saturated carbocycles. The predicted octanol–water partition coefficient (Wildman–Crippen LogP) is 3.21. The van der Waals surface area contributed by atoms with E-state index in [1.54, 1.807) is 0 Å².